The van der Waals surface area contributed by atoms with E-state index in [2.05, 4.69) is 204 Å². The third-order valence-electron chi connectivity index (χ3n) is 9.73. The molecule has 0 bridgehead atoms. The second-order valence-electron chi connectivity index (χ2n) is 18.3. The predicted molar refractivity (Wildman–Crippen MR) is 227 cm³/mol. The first kappa shape index (κ1) is 40.3. The summed E-state index contributed by atoms with van der Waals surface area (Å²) in [6.07, 6.45) is 7.56. The summed E-state index contributed by atoms with van der Waals surface area (Å²) in [7, 11) is -0.592. The Morgan fingerprint density at radius 2 is 0.706 bits per heavy atom. The molecule has 2 aliphatic rings. The van der Waals surface area contributed by atoms with Gasteiger partial charge in [-0.25, -0.2) is 0 Å². The van der Waals surface area contributed by atoms with Crippen LogP contribution in [0, 0.1) is 0 Å². The van der Waals surface area contributed by atoms with Gasteiger partial charge in [0.1, 0.15) is 0 Å². The minimum atomic E-state index is -1.27. The number of fused-ring (bicyclic) bond motifs is 2. The summed E-state index contributed by atoms with van der Waals surface area (Å²) < 4.78 is 1.36. The largest absolute Gasteiger partial charge is 0.0622 e. The van der Waals surface area contributed by atoms with Crippen LogP contribution in [0.25, 0.3) is 12.2 Å². The van der Waals surface area contributed by atoms with Crippen molar-refractivity contribution in [3.63, 3.8) is 0 Å². The summed E-state index contributed by atoms with van der Waals surface area (Å²) in [4.78, 5) is 0. The topological polar surface area (TPSA) is 0 Å². The molecule has 0 fully saturated rings. The van der Waals surface area contributed by atoms with Crippen LogP contribution in [0.3, 0.4) is 0 Å². The maximum atomic E-state index is 2.65. The standard InChI is InChI=1S/2C17H24P.C14H14.Hf/c2*1-16(2,3)18(17(4,5)6)15-11-13-9-7-8-10-14(13)12-15;1-3-7-13(8-4-1)11-12-14-9-5-2-6-10-14;/h2*7-12H,1-6H3;1-10H,11-12H2;. The van der Waals surface area contributed by atoms with Crippen LogP contribution < -0.4 is 0 Å². The average molecular weight is 879 g/mol. The Balaban J connectivity index is 0.000000299. The van der Waals surface area contributed by atoms with Crippen molar-refractivity contribution in [3.05, 3.63) is 153 Å². The molecule has 2 aliphatic carbocycles. The van der Waals surface area contributed by atoms with Gasteiger partial charge in [-0.05, 0) is 24.0 Å². The summed E-state index contributed by atoms with van der Waals surface area (Å²) in [6.45, 7) is 29.9. The number of benzene rings is 4. The molecule has 0 N–H and O–H groups in total. The normalized spacial score (nSPS) is 17.4. The smallest absolute Gasteiger partial charge is 0.0238 e. The fourth-order valence-electron chi connectivity index (χ4n) is 8.66. The van der Waals surface area contributed by atoms with E-state index in [9.17, 15) is 0 Å². The molecule has 4 aromatic carbocycles. The van der Waals surface area contributed by atoms with Crippen molar-refractivity contribution in [2.45, 2.75) is 124 Å². The molecular formula is C48H62HfP2. The van der Waals surface area contributed by atoms with Crippen LogP contribution in [0.2, 0.25) is 0 Å². The number of aryl methyl sites for hydroxylation is 2. The fraction of sp³-hybridized carbons (Fsp3) is 0.417. The first-order valence-corrected chi connectivity index (χ1v) is 25.7. The Kier molecular flexibility index (Phi) is 12.8. The Morgan fingerprint density at radius 3 is 1.02 bits per heavy atom. The van der Waals surface area contributed by atoms with Crippen LogP contribution in [-0.4, -0.2) is 20.6 Å². The monoisotopic (exact) mass is 880 g/mol. The molecule has 4 aromatic rings. The van der Waals surface area contributed by atoms with E-state index in [1.807, 2.05) is 0 Å². The van der Waals surface area contributed by atoms with Crippen LogP contribution in [0.4, 0.5) is 0 Å². The molecule has 0 amide bonds. The van der Waals surface area contributed by atoms with E-state index in [1.54, 1.807) is 21.8 Å². The van der Waals surface area contributed by atoms with Gasteiger partial charge in [0.2, 0.25) is 0 Å². The molecule has 0 radical (unpaired) electrons. The van der Waals surface area contributed by atoms with Gasteiger partial charge in [0, 0.05) is 0 Å². The van der Waals surface area contributed by atoms with E-state index in [0.29, 0.717) is 28.0 Å². The number of allylic oxidation sites excluding steroid dienone is 2. The second kappa shape index (κ2) is 16.2. The van der Waals surface area contributed by atoms with E-state index < -0.39 is 22.9 Å². The molecule has 0 heterocycles. The molecule has 0 nitrogen and oxygen atoms in total. The van der Waals surface area contributed by atoms with Gasteiger partial charge in [0.25, 0.3) is 0 Å². The van der Waals surface area contributed by atoms with Crippen LogP contribution in [0.1, 0.15) is 124 Å². The molecule has 2 atom stereocenters. The van der Waals surface area contributed by atoms with Gasteiger partial charge >= 0.3 is 243 Å². The van der Waals surface area contributed by atoms with Gasteiger partial charge in [-0.1, -0.05) is 60.7 Å². The zero-order valence-corrected chi connectivity index (χ0v) is 38.9. The van der Waals surface area contributed by atoms with Crippen molar-refractivity contribution < 1.29 is 22.9 Å². The number of hydrogen-bond donors (Lipinski definition) is 0. The molecule has 0 spiro atoms. The van der Waals surface area contributed by atoms with Crippen molar-refractivity contribution in [1.29, 1.82) is 0 Å². The van der Waals surface area contributed by atoms with Crippen LogP contribution in [-0.2, 0) is 35.7 Å². The maximum absolute atomic E-state index is 2.65. The quantitative estimate of drug-likeness (QED) is 0.128. The van der Waals surface area contributed by atoms with Gasteiger partial charge in [0.05, 0.1) is 0 Å². The third kappa shape index (κ3) is 10.00. The summed E-state index contributed by atoms with van der Waals surface area (Å²) in [6, 6.07) is 40.0. The zero-order chi connectivity index (χ0) is 37.2. The minimum Gasteiger partial charge on any atom is -0.0622 e. The molecule has 51 heavy (non-hydrogen) atoms. The molecule has 0 saturated carbocycles. The van der Waals surface area contributed by atoms with Crippen LogP contribution >= 0.6 is 15.8 Å². The first-order valence-electron chi connectivity index (χ1n) is 18.9. The Labute approximate surface area is 325 Å². The summed E-state index contributed by atoms with van der Waals surface area (Å²) >= 11 is -1.27. The molecule has 0 aromatic heterocycles. The maximum Gasteiger partial charge on any atom is -0.0238 e. The molecule has 6 rings (SSSR count). The molecule has 3 heteroatoms. The second-order valence-corrected chi connectivity index (χ2v) is 31.3. The molecular weight excluding hydrogens is 817 g/mol. The van der Waals surface area contributed by atoms with Crippen molar-refractivity contribution in [1.82, 2.24) is 0 Å². The SMILES string of the molecule is CC(C)(C)P(C1=Cc2ccccc2[CH]1[Hf][CH]1C(P(C(C)(C)C)C(C)(C)C)=Cc2ccccc21)C(C)(C)C.c1ccc(CCc2ccccc2)cc1. The van der Waals surface area contributed by atoms with Gasteiger partial charge in [-0.2, -0.15) is 0 Å². The third-order valence-corrected chi connectivity index (χ3v) is 25.5. The first-order chi connectivity index (χ1) is 23.9. The Hall–Kier alpha value is -1.91. The molecule has 268 valence electrons. The van der Waals surface area contributed by atoms with E-state index in [0.717, 1.165) is 12.8 Å². The molecule has 0 saturated heterocycles. The van der Waals surface area contributed by atoms with Crippen molar-refractivity contribution >= 4 is 28.0 Å². The molecule has 0 aliphatic heterocycles. The van der Waals surface area contributed by atoms with E-state index in [-0.39, 0.29) is 15.8 Å². The van der Waals surface area contributed by atoms with Gasteiger partial charge in [-0.3, -0.25) is 0 Å². The van der Waals surface area contributed by atoms with Crippen LogP contribution in [0.15, 0.2) is 120 Å². The summed E-state index contributed by atoms with van der Waals surface area (Å²) in [5.74, 6) is 0. The average Bonchev–Trinajstić information content (AvgIpc) is 3.56. The van der Waals surface area contributed by atoms with E-state index in [4.69, 9.17) is 0 Å². The summed E-state index contributed by atoms with van der Waals surface area (Å²) in [5, 5.41) is 4.77. The fourth-order valence-corrected chi connectivity index (χ4v) is 27.3. The summed E-state index contributed by atoms with van der Waals surface area (Å²) in [5.41, 5.74) is 9.11. The van der Waals surface area contributed by atoms with Gasteiger partial charge in [-0.15, -0.1) is 0 Å². The Morgan fingerprint density at radius 1 is 0.412 bits per heavy atom. The van der Waals surface area contributed by atoms with Gasteiger partial charge in [0.15, 0.2) is 0 Å². The Bertz CT molecular complexity index is 1640. The predicted octanol–water partition coefficient (Wildman–Crippen LogP) is 14.9. The molecule has 2 unspecified atom stereocenters. The number of rotatable bonds is 7. The van der Waals surface area contributed by atoms with Crippen molar-refractivity contribution in [2.24, 2.45) is 0 Å². The minimum absolute atomic E-state index is 0.290. The van der Waals surface area contributed by atoms with E-state index in [1.165, 1.54) is 22.3 Å². The van der Waals surface area contributed by atoms with Crippen molar-refractivity contribution in [2.75, 3.05) is 0 Å². The van der Waals surface area contributed by atoms with Crippen molar-refractivity contribution in [3.8, 4) is 0 Å². The van der Waals surface area contributed by atoms with Crippen LogP contribution in [0.5, 0.6) is 0 Å². The van der Waals surface area contributed by atoms with Gasteiger partial charge < -0.3 is 0 Å². The zero-order valence-electron chi connectivity index (χ0n) is 33.5. The van der Waals surface area contributed by atoms with E-state index >= 15 is 0 Å². The number of hydrogen-bond acceptors (Lipinski definition) is 0.